The average Bonchev–Trinajstić information content (AvgIpc) is 2.59. The first-order valence-electron chi connectivity index (χ1n) is 9.00. The molecule has 22 heavy (non-hydrogen) atoms. The van der Waals surface area contributed by atoms with Gasteiger partial charge in [-0.15, -0.1) is 0 Å². The molecule has 1 aliphatic heterocycles. The summed E-state index contributed by atoms with van der Waals surface area (Å²) in [4.78, 5) is 2.57. The van der Waals surface area contributed by atoms with Crippen LogP contribution >= 0.6 is 0 Å². The van der Waals surface area contributed by atoms with E-state index in [1.54, 1.807) is 0 Å². The number of fused-ring (bicyclic) bond motifs is 1. The Bertz CT molecular complexity index is 482. The number of nitrogens with one attached hydrogen (secondary N) is 1. The number of hydrogen-bond acceptors (Lipinski definition) is 3. The fourth-order valence-electron chi connectivity index (χ4n) is 3.66. The van der Waals surface area contributed by atoms with E-state index >= 15 is 0 Å². The third kappa shape index (κ3) is 3.75. The van der Waals surface area contributed by atoms with E-state index in [4.69, 9.17) is 4.74 Å². The van der Waals surface area contributed by atoms with Crippen LogP contribution in [0.15, 0.2) is 18.2 Å². The Morgan fingerprint density at radius 3 is 2.82 bits per heavy atom. The minimum absolute atomic E-state index is 0.316. The molecule has 3 rings (SSSR count). The fourth-order valence-corrected chi connectivity index (χ4v) is 3.66. The first kappa shape index (κ1) is 15.7. The molecular formula is C19H30N2O. The van der Waals surface area contributed by atoms with Gasteiger partial charge >= 0.3 is 0 Å². The summed E-state index contributed by atoms with van der Waals surface area (Å²) in [7, 11) is 2.29. The van der Waals surface area contributed by atoms with E-state index in [1.807, 2.05) is 0 Å². The molecule has 2 aliphatic rings. The zero-order valence-electron chi connectivity index (χ0n) is 14.1. The van der Waals surface area contributed by atoms with Crippen molar-refractivity contribution in [3.8, 4) is 5.75 Å². The van der Waals surface area contributed by atoms with Crippen molar-refractivity contribution in [3.63, 3.8) is 0 Å². The van der Waals surface area contributed by atoms with Crippen molar-refractivity contribution in [1.82, 2.24) is 4.90 Å². The van der Waals surface area contributed by atoms with Gasteiger partial charge in [-0.1, -0.05) is 32.3 Å². The number of benzene rings is 1. The van der Waals surface area contributed by atoms with Crippen LogP contribution in [0.4, 0.5) is 5.69 Å². The molecule has 1 unspecified atom stereocenters. The highest BCUT2D eigenvalue weighted by Gasteiger charge is 2.19. The van der Waals surface area contributed by atoms with Crippen molar-refractivity contribution in [3.05, 3.63) is 23.8 Å². The molecule has 1 fully saturated rings. The number of likely N-dealkylation sites (N-methyl/N-ethyl adjacent to an activating group) is 1. The van der Waals surface area contributed by atoms with E-state index in [1.165, 1.54) is 43.4 Å². The van der Waals surface area contributed by atoms with E-state index in [9.17, 15) is 0 Å². The third-order valence-corrected chi connectivity index (χ3v) is 5.26. The Hall–Kier alpha value is -1.22. The topological polar surface area (TPSA) is 24.5 Å². The minimum Gasteiger partial charge on any atom is -0.486 e. The lowest BCUT2D eigenvalue weighted by Crippen LogP contribution is -2.34. The van der Waals surface area contributed by atoms with Crippen molar-refractivity contribution in [2.24, 2.45) is 0 Å². The highest BCUT2D eigenvalue weighted by molar-refractivity contribution is 5.59. The summed E-state index contributed by atoms with van der Waals surface area (Å²) in [6, 6.07) is 7.45. The fraction of sp³-hybridized carbons (Fsp3) is 0.684. The normalized spacial score (nSPS) is 22.0. The van der Waals surface area contributed by atoms with Crippen LogP contribution in [-0.2, 0) is 6.42 Å². The molecule has 0 amide bonds. The molecule has 0 bridgehead atoms. The van der Waals surface area contributed by atoms with Crippen LogP contribution < -0.4 is 10.1 Å². The van der Waals surface area contributed by atoms with Gasteiger partial charge in [-0.25, -0.2) is 0 Å². The van der Waals surface area contributed by atoms with E-state index in [-0.39, 0.29) is 0 Å². The second kappa shape index (κ2) is 7.36. The highest BCUT2D eigenvalue weighted by Crippen LogP contribution is 2.31. The Balaban J connectivity index is 1.55. The molecule has 1 aliphatic carbocycles. The highest BCUT2D eigenvalue weighted by atomic mass is 16.5. The van der Waals surface area contributed by atoms with Crippen molar-refractivity contribution >= 4 is 5.69 Å². The summed E-state index contributed by atoms with van der Waals surface area (Å²) in [6.45, 7) is 4.25. The van der Waals surface area contributed by atoms with Crippen molar-refractivity contribution in [2.75, 3.05) is 25.5 Å². The van der Waals surface area contributed by atoms with Crippen LogP contribution in [-0.4, -0.2) is 37.2 Å². The largest absolute Gasteiger partial charge is 0.486 e. The molecule has 3 heteroatoms. The Labute approximate surface area is 135 Å². The summed E-state index contributed by atoms with van der Waals surface area (Å²) in [5.74, 6) is 1.02. The van der Waals surface area contributed by atoms with Crippen LogP contribution in [0.3, 0.4) is 0 Å². The maximum atomic E-state index is 5.98. The van der Waals surface area contributed by atoms with Gasteiger partial charge in [0, 0.05) is 12.6 Å². The van der Waals surface area contributed by atoms with Gasteiger partial charge in [0.25, 0.3) is 0 Å². The third-order valence-electron chi connectivity index (χ3n) is 5.26. The number of rotatable bonds is 5. The molecule has 1 N–H and O–H groups in total. The van der Waals surface area contributed by atoms with Gasteiger partial charge in [0.1, 0.15) is 11.9 Å². The van der Waals surface area contributed by atoms with Gasteiger partial charge in [0.15, 0.2) is 0 Å². The second-order valence-electron chi connectivity index (χ2n) is 6.88. The Morgan fingerprint density at radius 2 is 2.05 bits per heavy atom. The molecule has 0 aromatic heterocycles. The van der Waals surface area contributed by atoms with Crippen LogP contribution in [0.5, 0.6) is 5.75 Å². The smallest absolute Gasteiger partial charge is 0.142 e. The molecule has 0 spiro atoms. The standard InChI is InChI=1S/C19H30N2O/c1-3-17-14-20-18-13-15(9-10-19(18)22-17)11-12-21(2)16-7-5-4-6-8-16/h9-10,13,16-17,20H,3-8,11-12,14H2,1-2H3. The summed E-state index contributed by atoms with van der Waals surface area (Å²) in [5, 5.41) is 3.52. The summed E-state index contributed by atoms with van der Waals surface area (Å²) >= 11 is 0. The van der Waals surface area contributed by atoms with Crippen molar-refractivity contribution in [2.45, 2.75) is 64.0 Å². The van der Waals surface area contributed by atoms with Gasteiger partial charge in [-0.05, 0) is 50.4 Å². The number of anilines is 1. The monoisotopic (exact) mass is 302 g/mol. The molecule has 1 saturated carbocycles. The van der Waals surface area contributed by atoms with Crippen LogP contribution in [0.25, 0.3) is 0 Å². The molecule has 1 aromatic carbocycles. The van der Waals surface area contributed by atoms with E-state index in [0.717, 1.165) is 37.7 Å². The molecular weight excluding hydrogens is 272 g/mol. The lowest BCUT2D eigenvalue weighted by atomic mass is 9.94. The van der Waals surface area contributed by atoms with E-state index in [0.29, 0.717) is 6.10 Å². The van der Waals surface area contributed by atoms with Crippen molar-refractivity contribution in [1.29, 1.82) is 0 Å². The lowest BCUT2D eigenvalue weighted by Gasteiger charge is -2.31. The summed E-state index contributed by atoms with van der Waals surface area (Å²) < 4.78 is 5.98. The molecule has 3 nitrogen and oxygen atoms in total. The zero-order valence-corrected chi connectivity index (χ0v) is 14.1. The predicted octanol–water partition coefficient (Wildman–Crippen LogP) is 4.08. The molecule has 1 heterocycles. The number of hydrogen-bond donors (Lipinski definition) is 1. The van der Waals surface area contributed by atoms with Gasteiger partial charge in [0.05, 0.1) is 12.2 Å². The number of nitrogens with zero attached hydrogens (tertiary/aromatic N) is 1. The van der Waals surface area contributed by atoms with Crippen molar-refractivity contribution < 1.29 is 4.74 Å². The molecule has 0 saturated heterocycles. The summed E-state index contributed by atoms with van der Waals surface area (Å²) in [5.41, 5.74) is 2.58. The molecule has 122 valence electrons. The van der Waals surface area contributed by atoms with Gasteiger partial charge in [-0.2, -0.15) is 0 Å². The average molecular weight is 302 g/mol. The maximum absolute atomic E-state index is 5.98. The number of ether oxygens (including phenoxy) is 1. The molecule has 0 radical (unpaired) electrons. The maximum Gasteiger partial charge on any atom is 0.142 e. The molecule has 1 aromatic rings. The van der Waals surface area contributed by atoms with Gasteiger partial charge < -0.3 is 15.0 Å². The SMILES string of the molecule is CCC1CNc2cc(CCN(C)C3CCCCC3)ccc2O1. The molecule has 1 atom stereocenters. The van der Waals surface area contributed by atoms with Crippen LogP contribution in [0.2, 0.25) is 0 Å². The van der Waals surface area contributed by atoms with E-state index < -0.39 is 0 Å². The van der Waals surface area contributed by atoms with Gasteiger partial charge in [0.2, 0.25) is 0 Å². The Morgan fingerprint density at radius 1 is 1.23 bits per heavy atom. The predicted molar refractivity (Wildman–Crippen MR) is 92.8 cm³/mol. The van der Waals surface area contributed by atoms with E-state index in [2.05, 4.69) is 42.4 Å². The summed E-state index contributed by atoms with van der Waals surface area (Å²) in [6.07, 6.45) is 9.51. The second-order valence-corrected chi connectivity index (χ2v) is 6.88. The minimum atomic E-state index is 0.316. The van der Waals surface area contributed by atoms with Crippen LogP contribution in [0, 0.1) is 0 Å². The van der Waals surface area contributed by atoms with Crippen LogP contribution in [0.1, 0.15) is 51.0 Å². The quantitative estimate of drug-likeness (QED) is 0.887. The Kier molecular flexibility index (Phi) is 5.24. The zero-order chi connectivity index (χ0) is 15.4. The van der Waals surface area contributed by atoms with Gasteiger partial charge in [-0.3, -0.25) is 0 Å². The first-order valence-corrected chi connectivity index (χ1v) is 9.00. The first-order chi connectivity index (χ1) is 10.8. The lowest BCUT2D eigenvalue weighted by molar-refractivity contribution is 0.193.